The molecule has 1 aliphatic rings. The number of nitrogen functional groups attached to an aromatic ring is 1. The highest BCUT2D eigenvalue weighted by Crippen LogP contribution is 2.39. The largest absolute Gasteiger partial charge is 0.486 e. The summed E-state index contributed by atoms with van der Waals surface area (Å²) in [5, 5.41) is 0.608. The van der Waals surface area contributed by atoms with E-state index in [1.54, 1.807) is 11.8 Å². The maximum atomic E-state index is 6.24. The van der Waals surface area contributed by atoms with Crippen molar-refractivity contribution in [3.05, 3.63) is 46.5 Å². The number of nitrogens with two attached hydrogens (primary N) is 1. The van der Waals surface area contributed by atoms with E-state index in [-0.39, 0.29) is 0 Å². The van der Waals surface area contributed by atoms with Crippen LogP contribution in [0.2, 0.25) is 5.02 Å². The number of ether oxygens (including phenoxy) is 2. The van der Waals surface area contributed by atoms with Crippen LogP contribution in [-0.4, -0.2) is 13.2 Å². The normalized spacial score (nSPS) is 13.2. The third-order valence-electron chi connectivity index (χ3n) is 3.30. The van der Waals surface area contributed by atoms with Gasteiger partial charge in [-0.3, -0.25) is 0 Å². The van der Waals surface area contributed by atoms with Crippen LogP contribution in [0.1, 0.15) is 11.1 Å². The Balaban J connectivity index is 1.76. The summed E-state index contributed by atoms with van der Waals surface area (Å²) in [5.74, 6) is 2.21. The summed E-state index contributed by atoms with van der Waals surface area (Å²) >= 11 is 7.99. The molecule has 0 fully saturated rings. The second-order valence-electron chi connectivity index (χ2n) is 4.91. The van der Waals surface area contributed by atoms with Gasteiger partial charge in [0.15, 0.2) is 11.5 Å². The minimum absolute atomic E-state index is 0.547. The van der Waals surface area contributed by atoms with E-state index in [1.807, 2.05) is 31.2 Å². The van der Waals surface area contributed by atoms with Crippen molar-refractivity contribution in [1.29, 1.82) is 0 Å². The fourth-order valence-corrected chi connectivity index (χ4v) is 3.36. The lowest BCUT2D eigenvalue weighted by molar-refractivity contribution is 0.171. The third-order valence-corrected chi connectivity index (χ3v) is 4.65. The van der Waals surface area contributed by atoms with E-state index in [1.165, 1.54) is 4.90 Å². The predicted molar refractivity (Wildman–Crippen MR) is 87.6 cm³/mol. The standard InChI is InChI=1S/C16H16ClNO2S/c1-10-6-12(2-3-14(10)18)21-9-11-7-13(17)16-15(8-11)19-4-5-20-16/h2-3,6-8H,4-5,9,18H2,1H3. The molecule has 3 nitrogen and oxygen atoms in total. The van der Waals surface area contributed by atoms with Gasteiger partial charge in [-0.05, 0) is 48.4 Å². The van der Waals surface area contributed by atoms with Crippen LogP contribution >= 0.6 is 23.4 Å². The average molecular weight is 322 g/mol. The van der Waals surface area contributed by atoms with E-state index in [9.17, 15) is 0 Å². The third kappa shape index (κ3) is 3.22. The van der Waals surface area contributed by atoms with E-state index in [2.05, 4.69) is 6.07 Å². The molecule has 0 bridgehead atoms. The molecule has 2 N–H and O–H groups in total. The van der Waals surface area contributed by atoms with Crippen LogP contribution in [0.5, 0.6) is 11.5 Å². The lowest BCUT2D eigenvalue weighted by atomic mass is 10.2. The van der Waals surface area contributed by atoms with E-state index in [0.717, 1.165) is 28.3 Å². The van der Waals surface area contributed by atoms with E-state index in [0.29, 0.717) is 24.0 Å². The number of fused-ring (bicyclic) bond motifs is 1. The van der Waals surface area contributed by atoms with Crippen molar-refractivity contribution in [2.24, 2.45) is 0 Å². The molecule has 0 atom stereocenters. The molecule has 0 aliphatic carbocycles. The quantitative estimate of drug-likeness (QED) is 0.676. The Morgan fingerprint density at radius 3 is 2.81 bits per heavy atom. The molecule has 2 aromatic carbocycles. The lowest BCUT2D eigenvalue weighted by Crippen LogP contribution is -2.15. The van der Waals surface area contributed by atoms with Crippen molar-refractivity contribution in [2.45, 2.75) is 17.6 Å². The van der Waals surface area contributed by atoms with Gasteiger partial charge >= 0.3 is 0 Å². The Hall–Kier alpha value is -1.52. The summed E-state index contributed by atoms with van der Waals surface area (Å²) in [5.41, 5.74) is 8.87. The molecule has 0 saturated carbocycles. The van der Waals surface area contributed by atoms with Gasteiger partial charge in [0.1, 0.15) is 13.2 Å². The fourth-order valence-electron chi connectivity index (χ4n) is 2.15. The number of hydrogen-bond acceptors (Lipinski definition) is 4. The first-order valence-electron chi connectivity index (χ1n) is 6.70. The molecule has 0 spiro atoms. The van der Waals surface area contributed by atoms with E-state index < -0.39 is 0 Å². The number of rotatable bonds is 3. The van der Waals surface area contributed by atoms with Gasteiger partial charge in [0, 0.05) is 16.3 Å². The van der Waals surface area contributed by atoms with Crippen molar-refractivity contribution >= 4 is 29.1 Å². The van der Waals surface area contributed by atoms with Gasteiger partial charge in [0.2, 0.25) is 0 Å². The van der Waals surface area contributed by atoms with Crippen molar-refractivity contribution < 1.29 is 9.47 Å². The minimum Gasteiger partial charge on any atom is -0.486 e. The summed E-state index contributed by atoms with van der Waals surface area (Å²) in [6, 6.07) is 10.0. The van der Waals surface area contributed by atoms with Crippen molar-refractivity contribution in [3.8, 4) is 11.5 Å². The zero-order valence-corrected chi connectivity index (χ0v) is 13.3. The molecule has 0 unspecified atom stereocenters. The molecule has 110 valence electrons. The molecule has 2 aromatic rings. The Kier molecular flexibility index (Phi) is 4.17. The summed E-state index contributed by atoms with van der Waals surface area (Å²) in [4.78, 5) is 1.19. The summed E-state index contributed by atoms with van der Waals surface area (Å²) in [7, 11) is 0. The summed E-state index contributed by atoms with van der Waals surface area (Å²) in [6.07, 6.45) is 0. The van der Waals surface area contributed by atoms with Gasteiger partial charge in [0.25, 0.3) is 0 Å². The number of benzene rings is 2. The van der Waals surface area contributed by atoms with Crippen molar-refractivity contribution in [1.82, 2.24) is 0 Å². The predicted octanol–water partition coefficient (Wildman–Crippen LogP) is 4.29. The van der Waals surface area contributed by atoms with Crippen LogP contribution < -0.4 is 15.2 Å². The number of halogens is 1. The van der Waals surface area contributed by atoms with Crippen LogP contribution in [0.15, 0.2) is 35.2 Å². The van der Waals surface area contributed by atoms with E-state index in [4.69, 9.17) is 26.8 Å². The van der Waals surface area contributed by atoms with Gasteiger partial charge in [-0.25, -0.2) is 0 Å². The van der Waals surface area contributed by atoms with Gasteiger partial charge in [-0.2, -0.15) is 0 Å². The van der Waals surface area contributed by atoms with Crippen LogP contribution in [0.3, 0.4) is 0 Å². The summed E-state index contributed by atoms with van der Waals surface area (Å²) < 4.78 is 11.1. The molecule has 0 saturated heterocycles. The number of anilines is 1. The maximum absolute atomic E-state index is 6.24. The lowest BCUT2D eigenvalue weighted by Gasteiger charge is -2.20. The monoisotopic (exact) mass is 321 g/mol. The number of thioether (sulfide) groups is 1. The van der Waals surface area contributed by atoms with Gasteiger partial charge in [0.05, 0.1) is 5.02 Å². The molecular formula is C16H16ClNO2S. The SMILES string of the molecule is Cc1cc(SCc2cc(Cl)c3c(c2)OCCO3)ccc1N. The minimum atomic E-state index is 0.547. The molecule has 3 rings (SSSR count). The Bertz CT molecular complexity index is 676. The highest BCUT2D eigenvalue weighted by Gasteiger charge is 2.16. The molecular weight excluding hydrogens is 306 g/mol. The number of aryl methyl sites for hydroxylation is 1. The van der Waals surface area contributed by atoms with Gasteiger partial charge in [-0.1, -0.05) is 11.6 Å². The zero-order chi connectivity index (χ0) is 14.8. The van der Waals surface area contributed by atoms with Crippen molar-refractivity contribution in [3.63, 3.8) is 0 Å². The topological polar surface area (TPSA) is 44.5 Å². The first kappa shape index (κ1) is 14.4. The highest BCUT2D eigenvalue weighted by molar-refractivity contribution is 7.98. The van der Waals surface area contributed by atoms with E-state index >= 15 is 0 Å². The molecule has 0 radical (unpaired) electrons. The van der Waals surface area contributed by atoms with Gasteiger partial charge in [-0.15, -0.1) is 11.8 Å². The van der Waals surface area contributed by atoms with Crippen LogP contribution in [0, 0.1) is 6.92 Å². The molecule has 1 heterocycles. The molecule has 0 amide bonds. The van der Waals surface area contributed by atoms with Crippen LogP contribution in [-0.2, 0) is 5.75 Å². The Morgan fingerprint density at radius 1 is 1.19 bits per heavy atom. The van der Waals surface area contributed by atoms with Gasteiger partial charge < -0.3 is 15.2 Å². The zero-order valence-electron chi connectivity index (χ0n) is 11.7. The second-order valence-corrected chi connectivity index (χ2v) is 6.36. The smallest absolute Gasteiger partial charge is 0.179 e. The number of hydrogen-bond donors (Lipinski definition) is 1. The molecule has 0 aromatic heterocycles. The highest BCUT2D eigenvalue weighted by atomic mass is 35.5. The van der Waals surface area contributed by atoms with Crippen LogP contribution in [0.25, 0.3) is 0 Å². The maximum Gasteiger partial charge on any atom is 0.179 e. The Labute approximate surface area is 133 Å². The molecule has 5 heteroatoms. The fraction of sp³-hybridized carbons (Fsp3) is 0.250. The first-order chi connectivity index (χ1) is 10.1. The second kappa shape index (κ2) is 6.08. The van der Waals surface area contributed by atoms with Crippen LogP contribution in [0.4, 0.5) is 5.69 Å². The average Bonchev–Trinajstić information content (AvgIpc) is 2.49. The first-order valence-corrected chi connectivity index (χ1v) is 8.07. The van der Waals surface area contributed by atoms with Crippen molar-refractivity contribution in [2.75, 3.05) is 18.9 Å². The Morgan fingerprint density at radius 2 is 2.00 bits per heavy atom. The summed E-state index contributed by atoms with van der Waals surface area (Å²) in [6.45, 7) is 3.13. The molecule has 1 aliphatic heterocycles. The molecule has 21 heavy (non-hydrogen) atoms.